The minimum Gasteiger partial charge on any atom is -0.444 e. The van der Waals surface area contributed by atoms with Crippen molar-refractivity contribution in [1.82, 2.24) is 10.3 Å². The molecule has 3 nitrogen and oxygen atoms in total. The molecule has 60 valence electrons. The largest absolute Gasteiger partial charge is 0.444 e. The van der Waals surface area contributed by atoms with E-state index in [0.717, 1.165) is 18.2 Å². The fourth-order valence-electron chi connectivity index (χ4n) is 1.10. The molecule has 0 bridgehead atoms. The Balaban J connectivity index is 2.06. The SMILES string of the molecule is CNCc1cnc(C2CC2)o1. The maximum atomic E-state index is 5.47. The van der Waals surface area contributed by atoms with Crippen LogP contribution in [0.2, 0.25) is 0 Å². The number of rotatable bonds is 3. The summed E-state index contributed by atoms with van der Waals surface area (Å²) >= 11 is 0. The molecular formula is C8H12N2O. The van der Waals surface area contributed by atoms with Crippen LogP contribution in [0.4, 0.5) is 0 Å². The van der Waals surface area contributed by atoms with E-state index in [9.17, 15) is 0 Å². The zero-order valence-corrected chi connectivity index (χ0v) is 6.63. The summed E-state index contributed by atoms with van der Waals surface area (Å²) in [5.41, 5.74) is 0. The monoisotopic (exact) mass is 152 g/mol. The lowest BCUT2D eigenvalue weighted by Gasteiger charge is -1.90. The predicted molar refractivity (Wildman–Crippen MR) is 41.2 cm³/mol. The maximum Gasteiger partial charge on any atom is 0.197 e. The van der Waals surface area contributed by atoms with Gasteiger partial charge in [0.15, 0.2) is 5.89 Å². The van der Waals surface area contributed by atoms with Crippen molar-refractivity contribution in [2.45, 2.75) is 25.3 Å². The molecule has 0 radical (unpaired) electrons. The molecule has 0 atom stereocenters. The summed E-state index contributed by atoms with van der Waals surface area (Å²) in [5, 5.41) is 3.02. The van der Waals surface area contributed by atoms with Crippen molar-refractivity contribution in [3.63, 3.8) is 0 Å². The van der Waals surface area contributed by atoms with E-state index in [1.807, 2.05) is 13.2 Å². The van der Waals surface area contributed by atoms with Crippen molar-refractivity contribution in [2.75, 3.05) is 7.05 Å². The van der Waals surface area contributed by atoms with E-state index in [1.54, 1.807) is 0 Å². The minimum atomic E-state index is 0.626. The Morgan fingerprint density at radius 2 is 2.55 bits per heavy atom. The summed E-state index contributed by atoms with van der Waals surface area (Å²) in [6, 6.07) is 0. The van der Waals surface area contributed by atoms with Gasteiger partial charge in [-0.15, -0.1) is 0 Å². The average Bonchev–Trinajstić information content (AvgIpc) is 2.75. The Morgan fingerprint density at radius 3 is 3.18 bits per heavy atom. The van der Waals surface area contributed by atoms with Crippen LogP contribution in [-0.2, 0) is 6.54 Å². The van der Waals surface area contributed by atoms with Gasteiger partial charge in [-0.25, -0.2) is 4.98 Å². The van der Waals surface area contributed by atoms with Crippen molar-refractivity contribution in [3.05, 3.63) is 17.8 Å². The maximum absolute atomic E-state index is 5.47. The lowest BCUT2D eigenvalue weighted by Crippen LogP contribution is -2.03. The van der Waals surface area contributed by atoms with Gasteiger partial charge < -0.3 is 9.73 Å². The average molecular weight is 152 g/mol. The summed E-state index contributed by atoms with van der Waals surface area (Å²) in [4.78, 5) is 4.19. The van der Waals surface area contributed by atoms with Crippen LogP contribution in [0, 0.1) is 0 Å². The van der Waals surface area contributed by atoms with Crippen molar-refractivity contribution >= 4 is 0 Å². The fourth-order valence-corrected chi connectivity index (χ4v) is 1.10. The Hall–Kier alpha value is -0.830. The quantitative estimate of drug-likeness (QED) is 0.708. The summed E-state index contributed by atoms with van der Waals surface area (Å²) in [5.74, 6) is 2.49. The summed E-state index contributed by atoms with van der Waals surface area (Å²) in [6.07, 6.45) is 4.31. The van der Waals surface area contributed by atoms with Gasteiger partial charge in [-0.1, -0.05) is 0 Å². The van der Waals surface area contributed by atoms with Gasteiger partial charge in [0.25, 0.3) is 0 Å². The molecule has 1 N–H and O–H groups in total. The molecule has 0 spiro atoms. The number of aromatic nitrogens is 1. The first kappa shape index (κ1) is 6.85. The Bertz CT molecular complexity index is 240. The van der Waals surface area contributed by atoms with E-state index in [2.05, 4.69) is 10.3 Å². The first-order valence-corrected chi connectivity index (χ1v) is 3.99. The van der Waals surface area contributed by atoms with E-state index in [0.29, 0.717) is 5.92 Å². The highest BCUT2D eigenvalue weighted by Crippen LogP contribution is 2.39. The van der Waals surface area contributed by atoms with Gasteiger partial charge in [0.2, 0.25) is 0 Å². The van der Waals surface area contributed by atoms with E-state index < -0.39 is 0 Å². The summed E-state index contributed by atoms with van der Waals surface area (Å²) < 4.78 is 5.47. The van der Waals surface area contributed by atoms with Gasteiger partial charge in [0.1, 0.15) is 5.76 Å². The number of hydrogen-bond donors (Lipinski definition) is 1. The van der Waals surface area contributed by atoms with Crippen LogP contribution in [0.25, 0.3) is 0 Å². The van der Waals surface area contributed by atoms with Crippen LogP contribution in [0.5, 0.6) is 0 Å². The van der Waals surface area contributed by atoms with Gasteiger partial charge in [-0.2, -0.15) is 0 Å². The molecule has 0 aliphatic heterocycles. The van der Waals surface area contributed by atoms with Crippen molar-refractivity contribution in [2.24, 2.45) is 0 Å². The second-order valence-electron chi connectivity index (χ2n) is 2.97. The molecule has 1 aliphatic rings. The lowest BCUT2D eigenvalue weighted by molar-refractivity contribution is 0.447. The molecular weight excluding hydrogens is 140 g/mol. The van der Waals surface area contributed by atoms with Crippen LogP contribution in [0.3, 0.4) is 0 Å². The second kappa shape index (κ2) is 2.66. The molecule has 1 aliphatic carbocycles. The Labute approximate surface area is 65.8 Å². The van der Waals surface area contributed by atoms with E-state index in [1.165, 1.54) is 12.8 Å². The number of nitrogens with zero attached hydrogens (tertiary/aromatic N) is 1. The van der Waals surface area contributed by atoms with Gasteiger partial charge in [-0.05, 0) is 19.9 Å². The van der Waals surface area contributed by atoms with Crippen LogP contribution in [0.15, 0.2) is 10.6 Å². The molecule has 0 amide bonds. The normalized spacial score (nSPS) is 17.2. The smallest absolute Gasteiger partial charge is 0.197 e. The van der Waals surface area contributed by atoms with Gasteiger partial charge in [0.05, 0.1) is 12.7 Å². The van der Waals surface area contributed by atoms with Crippen LogP contribution < -0.4 is 5.32 Å². The molecule has 1 aromatic rings. The molecule has 1 saturated carbocycles. The highest BCUT2D eigenvalue weighted by atomic mass is 16.4. The third-order valence-electron chi connectivity index (χ3n) is 1.85. The van der Waals surface area contributed by atoms with Crippen molar-refractivity contribution in [3.8, 4) is 0 Å². The van der Waals surface area contributed by atoms with E-state index >= 15 is 0 Å². The molecule has 2 rings (SSSR count). The van der Waals surface area contributed by atoms with Crippen LogP contribution >= 0.6 is 0 Å². The number of nitrogens with one attached hydrogen (secondary N) is 1. The minimum absolute atomic E-state index is 0.626. The highest BCUT2D eigenvalue weighted by molar-refractivity contribution is 5.04. The Morgan fingerprint density at radius 1 is 1.73 bits per heavy atom. The number of hydrogen-bond acceptors (Lipinski definition) is 3. The summed E-state index contributed by atoms with van der Waals surface area (Å²) in [6.45, 7) is 0.778. The molecule has 11 heavy (non-hydrogen) atoms. The van der Waals surface area contributed by atoms with Crippen molar-refractivity contribution in [1.29, 1.82) is 0 Å². The number of oxazole rings is 1. The molecule has 0 saturated heterocycles. The first-order chi connectivity index (χ1) is 5.40. The topological polar surface area (TPSA) is 38.1 Å². The van der Waals surface area contributed by atoms with E-state index in [4.69, 9.17) is 4.42 Å². The molecule has 1 heterocycles. The van der Waals surface area contributed by atoms with Crippen LogP contribution in [0.1, 0.15) is 30.4 Å². The van der Waals surface area contributed by atoms with Crippen molar-refractivity contribution < 1.29 is 4.42 Å². The molecule has 0 aromatic carbocycles. The zero-order valence-electron chi connectivity index (χ0n) is 6.63. The summed E-state index contributed by atoms with van der Waals surface area (Å²) in [7, 11) is 1.90. The van der Waals surface area contributed by atoms with Gasteiger partial charge in [-0.3, -0.25) is 0 Å². The predicted octanol–water partition coefficient (Wildman–Crippen LogP) is 1.27. The third kappa shape index (κ3) is 1.43. The molecule has 3 heteroatoms. The Kier molecular flexibility index (Phi) is 1.66. The molecule has 0 unspecified atom stereocenters. The van der Waals surface area contributed by atoms with E-state index in [-0.39, 0.29) is 0 Å². The van der Waals surface area contributed by atoms with Crippen LogP contribution in [-0.4, -0.2) is 12.0 Å². The van der Waals surface area contributed by atoms with Gasteiger partial charge in [0, 0.05) is 5.92 Å². The second-order valence-corrected chi connectivity index (χ2v) is 2.97. The zero-order chi connectivity index (χ0) is 7.68. The lowest BCUT2D eigenvalue weighted by atomic mass is 10.4. The molecule has 1 aromatic heterocycles. The standard InChI is InChI=1S/C8H12N2O/c1-9-4-7-5-10-8(11-7)6-2-3-6/h5-6,9H,2-4H2,1H3. The molecule has 1 fully saturated rings. The fraction of sp³-hybridized carbons (Fsp3) is 0.625. The first-order valence-electron chi connectivity index (χ1n) is 3.99. The third-order valence-corrected chi connectivity index (χ3v) is 1.85. The van der Waals surface area contributed by atoms with Gasteiger partial charge >= 0.3 is 0 Å². The highest BCUT2D eigenvalue weighted by Gasteiger charge is 2.28.